The maximum Gasteiger partial charge on any atom is 0.143 e. The Bertz CT molecular complexity index is 3480. The number of hydrogen-bond donors (Lipinski definition) is 0. The Morgan fingerprint density at radius 3 is 1.57 bits per heavy atom. The first-order valence-electron chi connectivity index (χ1n) is 21.1. The molecule has 0 amide bonds. The molecule has 0 bridgehead atoms. The van der Waals surface area contributed by atoms with E-state index in [0.29, 0.717) is 0 Å². The van der Waals surface area contributed by atoms with E-state index >= 15 is 0 Å². The van der Waals surface area contributed by atoms with Gasteiger partial charge in [0.1, 0.15) is 11.2 Å². The van der Waals surface area contributed by atoms with Crippen molar-refractivity contribution < 1.29 is 4.42 Å². The predicted molar refractivity (Wildman–Crippen MR) is 253 cm³/mol. The molecule has 1 heterocycles. The minimum Gasteiger partial charge on any atom is -0.455 e. The standard InChI is InChI=1S/C59H37NO/c1-3-17-38(18-4-1)39-33-35-41(36-34-39)60(54-37-48-56-42(40-19-5-2-6-20-40)26-15-32-55(56)61-58(48)46-24-8-7-23-45(46)54)53-31-16-30-52-57(53)47-25-11-14-29-51(47)59(52)49-27-12-9-21-43(49)44-22-10-13-28-50(44)59/h1-37H. The van der Waals surface area contributed by atoms with Gasteiger partial charge in [0.2, 0.25) is 0 Å². The van der Waals surface area contributed by atoms with E-state index in [4.69, 9.17) is 4.42 Å². The van der Waals surface area contributed by atoms with Crippen molar-refractivity contribution in [2.45, 2.75) is 5.41 Å². The van der Waals surface area contributed by atoms with Crippen molar-refractivity contribution in [3.05, 3.63) is 247 Å². The van der Waals surface area contributed by atoms with Crippen LogP contribution in [0.15, 0.2) is 229 Å². The fourth-order valence-electron chi connectivity index (χ4n) is 10.8. The van der Waals surface area contributed by atoms with Gasteiger partial charge in [-0.1, -0.05) is 194 Å². The van der Waals surface area contributed by atoms with E-state index < -0.39 is 5.41 Å². The molecule has 0 saturated carbocycles. The minimum absolute atomic E-state index is 0.463. The molecule has 0 radical (unpaired) electrons. The summed E-state index contributed by atoms with van der Waals surface area (Å²) in [4.78, 5) is 2.52. The van der Waals surface area contributed by atoms with Crippen LogP contribution in [0.4, 0.5) is 17.1 Å². The van der Waals surface area contributed by atoms with Crippen LogP contribution in [0, 0.1) is 0 Å². The molecule has 2 aliphatic carbocycles. The molecule has 0 atom stereocenters. The van der Waals surface area contributed by atoms with E-state index in [0.717, 1.165) is 55.3 Å². The molecule has 13 rings (SSSR count). The van der Waals surface area contributed by atoms with Crippen molar-refractivity contribution >= 4 is 49.8 Å². The molecule has 0 fully saturated rings. The number of anilines is 3. The van der Waals surface area contributed by atoms with E-state index in [2.05, 4.69) is 229 Å². The summed E-state index contributed by atoms with van der Waals surface area (Å²) < 4.78 is 6.87. The summed E-state index contributed by atoms with van der Waals surface area (Å²) >= 11 is 0. The zero-order valence-corrected chi connectivity index (χ0v) is 33.2. The SMILES string of the molecule is c1ccc(-c2ccc(N(c3cccc4c3-c3ccccc3C43c4ccccc4-c4ccccc43)c3cc4c(oc5cccc(-c6ccccc6)c54)c4ccccc34)cc2)cc1. The van der Waals surface area contributed by atoms with Crippen LogP contribution in [0.2, 0.25) is 0 Å². The van der Waals surface area contributed by atoms with Gasteiger partial charge in [-0.2, -0.15) is 0 Å². The van der Waals surface area contributed by atoms with Gasteiger partial charge in [0, 0.05) is 32.8 Å². The fourth-order valence-corrected chi connectivity index (χ4v) is 10.8. The van der Waals surface area contributed by atoms with Gasteiger partial charge in [0.15, 0.2) is 0 Å². The molecular formula is C59H37NO. The van der Waals surface area contributed by atoms with Crippen molar-refractivity contribution in [2.75, 3.05) is 4.90 Å². The van der Waals surface area contributed by atoms with Crippen LogP contribution in [0.3, 0.4) is 0 Å². The molecule has 0 saturated heterocycles. The number of furan rings is 1. The van der Waals surface area contributed by atoms with Crippen molar-refractivity contribution in [1.82, 2.24) is 0 Å². The maximum absolute atomic E-state index is 6.87. The Kier molecular flexibility index (Phi) is 7.26. The summed E-state index contributed by atoms with van der Waals surface area (Å²) in [6, 6.07) is 82.2. The summed E-state index contributed by atoms with van der Waals surface area (Å²) in [5.41, 5.74) is 19.8. The predicted octanol–water partition coefficient (Wildman–Crippen LogP) is 15.9. The summed E-state index contributed by atoms with van der Waals surface area (Å²) in [5.74, 6) is 0. The van der Waals surface area contributed by atoms with E-state index in [-0.39, 0.29) is 0 Å². The molecular weight excluding hydrogens is 739 g/mol. The summed E-state index contributed by atoms with van der Waals surface area (Å²) in [5, 5.41) is 4.42. The number of hydrogen-bond acceptors (Lipinski definition) is 2. The molecule has 0 aliphatic heterocycles. The third-order valence-corrected chi connectivity index (χ3v) is 13.3. The molecule has 2 nitrogen and oxygen atoms in total. The second-order valence-corrected chi connectivity index (χ2v) is 16.3. The zero-order chi connectivity index (χ0) is 40.1. The van der Waals surface area contributed by atoms with Crippen LogP contribution < -0.4 is 4.90 Å². The van der Waals surface area contributed by atoms with Gasteiger partial charge in [0.05, 0.1) is 16.8 Å². The largest absolute Gasteiger partial charge is 0.455 e. The average molecular weight is 776 g/mol. The monoisotopic (exact) mass is 775 g/mol. The Hall–Kier alpha value is -7.94. The normalized spacial score (nSPS) is 13.0. The Morgan fingerprint density at radius 1 is 0.344 bits per heavy atom. The van der Waals surface area contributed by atoms with Gasteiger partial charge in [-0.15, -0.1) is 0 Å². The highest BCUT2D eigenvalue weighted by molar-refractivity contribution is 6.23. The van der Waals surface area contributed by atoms with Crippen molar-refractivity contribution in [1.29, 1.82) is 0 Å². The van der Waals surface area contributed by atoms with Crippen molar-refractivity contribution in [3.63, 3.8) is 0 Å². The van der Waals surface area contributed by atoms with E-state index in [1.165, 1.54) is 61.2 Å². The molecule has 61 heavy (non-hydrogen) atoms. The van der Waals surface area contributed by atoms with Gasteiger partial charge < -0.3 is 9.32 Å². The highest BCUT2D eigenvalue weighted by Crippen LogP contribution is 2.65. The first-order valence-corrected chi connectivity index (χ1v) is 21.1. The van der Waals surface area contributed by atoms with E-state index in [9.17, 15) is 0 Å². The van der Waals surface area contributed by atoms with Crippen LogP contribution in [-0.2, 0) is 5.41 Å². The van der Waals surface area contributed by atoms with Crippen LogP contribution >= 0.6 is 0 Å². The zero-order valence-electron chi connectivity index (χ0n) is 33.2. The topological polar surface area (TPSA) is 16.4 Å². The fraction of sp³-hybridized carbons (Fsp3) is 0.0169. The molecule has 284 valence electrons. The summed E-state index contributed by atoms with van der Waals surface area (Å²) in [6.45, 7) is 0. The molecule has 0 unspecified atom stereocenters. The first kappa shape index (κ1) is 34.0. The summed E-state index contributed by atoms with van der Waals surface area (Å²) in [6.07, 6.45) is 0. The number of rotatable bonds is 5. The molecule has 2 heteroatoms. The Labute approximate surface area is 354 Å². The molecule has 10 aromatic carbocycles. The van der Waals surface area contributed by atoms with Crippen LogP contribution in [0.1, 0.15) is 22.3 Å². The average Bonchev–Trinajstić information content (AvgIpc) is 3.97. The van der Waals surface area contributed by atoms with Crippen LogP contribution in [-0.4, -0.2) is 0 Å². The highest BCUT2D eigenvalue weighted by atomic mass is 16.3. The number of nitrogens with zero attached hydrogens (tertiary/aromatic N) is 1. The first-order chi connectivity index (χ1) is 30.3. The highest BCUT2D eigenvalue weighted by Gasteiger charge is 2.52. The van der Waals surface area contributed by atoms with Gasteiger partial charge >= 0.3 is 0 Å². The minimum atomic E-state index is -0.463. The van der Waals surface area contributed by atoms with E-state index in [1.807, 2.05) is 0 Å². The lowest BCUT2D eigenvalue weighted by Crippen LogP contribution is -2.26. The lowest BCUT2D eigenvalue weighted by Gasteiger charge is -2.32. The van der Waals surface area contributed by atoms with Crippen LogP contribution in [0.25, 0.3) is 77.2 Å². The second-order valence-electron chi connectivity index (χ2n) is 16.3. The number of benzene rings is 10. The molecule has 11 aromatic rings. The Balaban J connectivity index is 1.14. The van der Waals surface area contributed by atoms with Crippen molar-refractivity contribution in [2.24, 2.45) is 0 Å². The van der Waals surface area contributed by atoms with E-state index in [1.54, 1.807) is 0 Å². The summed E-state index contributed by atoms with van der Waals surface area (Å²) in [7, 11) is 0. The maximum atomic E-state index is 6.87. The van der Waals surface area contributed by atoms with Gasteiger partial charge in [-0.3, -0.25) is 0 Å². The lowest BCUT2D eigenvalue weighted by atomic mass is 9.70. The second kappa shape index (κ2) is 13.0. The third kappa shape index (κ3) is 4.73. The molecule has 1 spiro atoms. The smallest absolute Gasteiger partial charge is 0.143 e. The lowest BCUT2D eigenvalue weighted by molar-refractivity contribution is 0.673. The van der Waals surface area contributed by atoms with Crippen LogP contribution in [0.5, 0.6) is 0 Å². The van der Waals surface area contributed by atoms with Gasteiger partial charge in [0.25, 0.3) is 0 Å². The van der Waals surface area contributed by atoms with Gasteiger partial charge in [-0.05, 0) is 91.5 Å². The molecule has 0 N–H and O–H groups in total. The van der Waals surface area contributed by atoms with Gasteiger partial charge in [-0.25, -0.2) is 0 Å². The number of fused-ring (bicyclic) bond motifs is 15. The molecule has 2 aliphatic rings. The van der Waals surface area contributed by atoms with Crippen molar-refractivity contribution in [3.8, 4) is 44.5 Å². The quantitative estimate of drug-likeness (QED) is 0.173. The Morgan fingerprint density at radius 2 is 0.869 bits per heavy atom. The molecule has 1 aromatic heterocycles. The third-order valence-electron chi connectivity index (χ3n) is 13.3.